The number of imidazole rings is 1. The van der Waals surface area contributed by atoms with Crippen molar-refractivity contribution in [2.45, 2.75) is 52.4 Å². The van der Waals surface area contributed by atoms with Crippen molar-refractivity contribution in [2.75, 3.05) is 7.11 Å². The number of pyridine rings is 1. The van der Waals surface area contributed by atoms with Gasteiger partial charge in [-0.25, -0.2) is 4.98 Å². The Morgan fingerprint density at radius 2 is 1.63 bits per heavy atom. The molecule has 0 saturated carbocycles. The van der Waals surface area contributed by atoms with Crippen LogP contribution in [0.3, 0.4) is 0 Å². The molecule has 2 rings (SSSR count). The van der Waals surface area contributed by atoms with Crippen molar-refractivity contribution in [3.8, 4) is 5.75 Å². The molecule has 0 atom stereocenters. The molecule has 0 spiro atoms. The van der Waals surface area contributed by atoms with Gasteiger partial charge in [-0.3, -0.25) is 4.40 Å². The number of aromatic nitrogens is 2. The molecule has 19 heavy (non-hydrogen) atoms. The molecule has 0 unspecified atom stereocenters. The molecule has 2 aromatic rings. The second-order valence-electron chi connectivity index (χ2n) is 7.11. The van der Waals surface area contributed by atoms with Crippen molar-refractivity contribution in [1.82, 2.24) is 9.38 Å². The van der Waals surface area contributed by atoms with Crippen LogP contribution in [0.15, 0.2) is 18.3 Å². The standard InChI is InChI=1S/C16H24N2O/c1-15(2,3)13-14(16(4,5)6)18-10-11(19-7)8-9-12(18)17-13/h8-10H,1-7H3. The van der Waals surface area contributed by atoms with Crippen molar-refractivity contribution in [3.05, 3.63) is 29.7 Å². The monoisotopic (exact) mass is 260 g/mol. The zero-order chi connectivity index (χ0) is 14.4. The smallest absolute Gasteiger partial charge is 0.137 e. The van der Waals surface area contributed by atoms with E-state index in [0.717, 1.165) is 17.1 Å². The summed E-state index contributed by atoms with van der Waals surface area (Å²) in [4.78, 5) is 4.83. The number of hydrogen-bond donors (Lipinski definition) is 0. The van der Waals surface area contributed by atoms with Crippen LogP contribution in [-0.4, -0.2) is 16.5 Å². The van der Waals surface area contributed by atoms with Crippen LogP contribution in [0, 0.1) is 0 Å². The van der Waals surface area contributed by atoms with E-state index in [-0.39, 0.29) is 10.8 Å². The Morgan fingerprint density at radius 3 is 2.11 bits per heavy atom. The average Bonchev–Trinajstić information content (AvgIpc) is 2.66. The van der Waals surface area contributed by atoms with Crippen molar-refractivity contribution < 1.29 is 4.74 Å². The van der Waals surface area contributed by atoms with Gasteiger partial charge in [-0.1, -0.05) is 41.5 Å². The third-order valence-corrected chi connectivity index (χ3v) is 3.25. The fraction of sp³-hybridized carbons (Fsp3) is 0.562. The van der Waals surface area contributed by atoms with Gasteiger partial charge in [0.15, 0.2) is 0 Å². The average molecular weight is 260 g/mol. The molecule has 104 valence electrons. The Labute approximate surface area is 115 Å². The topological polar surface area (TPSA) is 26.5 Å². The Bertz CT molecular complexity index is 597. The normalized spacial score (nSPS) is 13.0. The first-order valence-electron chi connectivity index (χ1n) is 6.71. The minimum absolute atomic E-state index is 0.0296. The third-order valence-electron chi connectivity index (χ3n) is 3.25. The molecular formula is C16H24N2O. The highest BCUT2D eigenvalue weighted by Gasteiger charge is 2.30. The fourth-order valence-electron chi connectivity index (χ4n) is 2.39. The van der Waals surface area contributed by atoms with Gasteiger partial charge < -0.3 is 4.74 Å². The number of ether oxygens (including phenoxy) is 1. The number of fused-ring (bicyclic) bond motifs is 1. The number of nitrogens with zero attached hydrogens (tertiary/aromatic N) is 2. The molecule has 2 aromatic heterocycles. The van der Waals surface area contributed by atoms with Gasteiger partial charge in [0.2, 0.25) is 0 Å². The predicted octanol–water partition coefficient (Wildman–Crippen LogP) is 3.94. The van der Waals surface area contributed by atoms with Crippen molar-refractivity contribution >= 4 is 5.65 Å². The van der Waals surface area contributed by atoms with Gasteiger partial charge in [-0.05, 0) is 12.1 Å². The van der Waals surface area contributed by atoms with Crippen molar-refractivity contribution in [2.24, 2.45) is 0 Å². The van der Waals surface area contributed by atoms with E-state index >= 15 is 0 Å². The van der Waals surface area contributed by atoms with E-state index in [1.165, 1.54) is 5.69 Å². The summed E-state index contributed by atoms with van der Waals surface area (Å²) in [5.74, 6) is 0.857. The highest BCUT2D eigenvalue weighted by Crippen LogP contribution is 2.34. The fourth-order valence-corrected chi connectivity index (χ4v) is 2.39. The van der Waals surface area contributed by atoms with Gasteiger partial charge in [-0.2, -0.15) is 0 Å². The molecule has 0 aromatic carbocycles. The lowest BCUT2D eigenvalue weighted by atomic mass is 9.82. The second kappa shape index (κ2) is 4.26. The molecule has 3 nitrogen and oxygen atoms in total. The Morgan fingerprint density at radius 1 is 1.00 bits per heavy atom. The summed E-state index contributed by atoms with van der Waals surface area (Å²) >= 11 is 0. The van der Waals surface area contributed by atoms with E-state index in [9.17, 15) is 0 Å². The van der Waals surface area contributed by atoms with Gasteiger partial charge in [-0.15, -0.1) is 0 Å². The first-order chi connectivity index (χ1) is 8.64. The molecule has 2 heterocycles. The molecule has 0 aliphatic rings. The molecule has 0 radical (unpaired) electrons. The molecule has 3 heteroatoms. The van der Waals surface area contributed by atoms with Crippen molar-refractivity contribution in [1.29, 1.82) is 0 Å². The summed E-state index contributed by atoms with van der Waals surface area (Å²) in [6.45, 7) is 13.3. The molecule has 0 fully saturated rings. The Balaban J connectivity index is 2.83. The maximum Gasteiger partial charge on any atom is 0.137 e. The highest BCUT2D eigenvalue weighted by molar-refractivity contribution is 5.49. The van der Waals surface area contributed by atoms with Crippen LogP contribution in [0.1, 0.15) is 52.9 Å². The predicted molar refractivity (Wildman–Crippen MR) is 79.1 cm³/mol. The van der Waals surface area contributed by atoms with Gasteiger partial charge in [0.05, 0.1) is 24.7 Å². The summed E-state index contributed by atoms with van der Waals surface area (Å²) in [7, 11) is 1.69. The number of rotatable bonds is 1. The van der Waals surface area contributed by atoms with Crippen LogP contribution < -0.4 is 4.74 Å². The molecule has 0 aliphatic carbocycles. The van der Waals surface area contributed by atoms with Gasteiger partial charge >= 0.3 is 0 Å². The Hall–Kier alpha value is -1.51. The van der Waals surface area contributed by atoms with Crippen molar-refractivity contribution in [3.63, 3.8) is 0 Å². The molecule has 0 saturated heterocycles. The van der Waals surface area contributed by atoms with E-state index in [0.29, 0.717) is 0 Å². The van der Waals surface area contributed by atoms with Crippen LogP contribution >= 0.6 is 0 Å². The van der Waals surface area contributed by atoms with Crippen LogP contribution in [0.5, 0.6) is 5.75 Å². The molecule has 0 aliphatic heterocycles. The minimum atomic E-state index is 0.0296. The molecule has 0 N–H and O–H groups in total. The second-order valence-corrected chi connectivity index (χ2v) is 7.11. The van der Waals surface area contributed by atoms with E-state index in [1.807, 2.05) is 18.3 Å². The lowest BCUT2D eigenvalue weighted by Gasteiger charge is -2.25. The van der Waals surface area contributed by atoms with Gasteiger partial charge in [0.25, 0.3) is 0 Å². The summed E-state index contributed by atoms with van der Waals surface area (Å²) in [5, 5.41) is 0. The summed E-state index contributed by atoms with van der Waals surface area (Å²) < 4.78 is 7.50. The molecule has 0 amide bonds. The SMILES string of the molecule is COc1ccc2nc(C(C)(C)C)c(C(C)(C)C)n2c1. The maximum atomic E-state index is 5.34. The molecular weight excluding hydrogens is 236 g/mol. The van der Waals surface area contributed by atoms with E-state index in [1.54, 1.807) is 7.11 Å². The quantitative estimate of drug-likeness (QED) is 0.776. The lowest BCUT2D eigenvalue weighted by Crippen LogP contribution is -2.23. The third kappa shape index (κ3) is 2.46. The number of methoxy groups -OCH3 is 1. The van der Waals surface area contributed by atoms with Gasteiger partial charge in [0.1, 0.15) is 11.4 Å². The number of hydrogen-bond acceptors (Lipinski definition) is 2. The van der Waals surface area contributed by atoms with E-state index in [4.69, 9.17) is 9.72 Å². The van der Waals surface area contributed by atoms with E-state index < -0.39 is 0 Å². The zero-order valence-electron chi connectivity index (χ0n) is 13.0. The summed E-state index contributed by atoms with van der Waals surface area (Å²) in [6.07, 6.45) is 2.03. The van der Waals surface area contributed by atoms with E-state index in [2.05, 4.69) is 45.9 Å². The Kier molecular flexibility index (Phi) is 3.12. The maximum absolute atomic E-state index is 5.34. The van der Waals surface area contributed by atoms with Crippen LogP contribution in [0.2, 0.25) is 0 Å². The highest BCUT2D eigenvalue weighted by atomic mass is 16.5. The largest absolute Gasteiger partial charge is 0.495 e. The van der Waals surface area contributed by atoms with Crippen LogP contribution in [-0.2, 0) is 10.8 Å². The van der Waals surface area contributed by atoms with Gasteiger partial charge in [0, 0.05) is 10.8 Å². The first kappa shape index (κ1) is 13.9. The molecule has 0 bridgehead atoms. The summed E-state index contributed by atoms with van der Waals surface area (Å²) in [6, 6.07) is 3.98. The lowest BCUT2D eigenvalue weighted by molar-refractivity contribution is 0.411. The van der Waals surface area contributed by atoms with Crippen LogP contribution in [0.25, 0.3) is 5.65 Å². The van der Waals surface area contributed by atoms with Crippen LogP contribution in [0.4, 0.5) is 0 Å². The minimum Gasteiger partial charge on any atom is -0.495 e. The summed E-state index contributed by atoms with van der Waals surface area (Å²) in [5.41, 5.74) is 3.47. The first-order valence-corrected chi connectivity index (χ1v) is 6.71. The zero-order valence-corrected chi connectivity index (χ0v) is 13.0.